The summed E-state index contributed by atoms with van der Waals surface area (Å²) >= 11 is 0. The van der Waals surface area contributed by atoms with Crippen LogP contribution in [-0.4, -0.2) is 42.1 Å². The van der Waals surface area contributed by atoms with Crippen LogP contribution in [-0.2, 0) is 17.9 Å². The van der Waals surface area contributed by atoms with Gasteiger partial charge in [-0.1, -0.05) is 42.5 Å². The summed E-state index contributed by atoms with van der Waals surface area (Å²) in [5, 5.41) is 2.94. The highest BCUT2D eigenvalue weighted by atomic mass is 16.5. The van der Waals surface area contributed by atoms with Gasteiger partial charge in [-0.15, -0.1) is 0 Å². The van der Waals surface area contributed by atoms with Crippen molar-refractivity contribution in [3.05, 3.63) is 89.9 Å². The van der Waals surface area contributed by atoms with Crippen molar-refractivity contribution in [3.8, 4) is 5.75 Å². The van der Waals surface area contributed by atoms with Crippen molar-refractivity contribution in [1.29, 1.82) is 0 Å². The Kier molecular flexibility index (Phi) is 6.97. The zero-order valence-electron chi connectivity index (χ0n) is 19.4. The van der Waals surface area contributed by atoms with Crippen LogP contribution in [0.4, 0.5) is 0 Å². The fraction of sp³-hybridized carbons (Fsp3) is 0.393. The lowest BCUT2D eigenvalue weighted by Crippen LogP contribution is -2.44. The van der Waals surface area contributed by atoms with E-state index in [1.165, 1.54) is 17.4 Å². The standard InChI is InChI=1S/C28H32N2O4/c31-27(26-10-5-17-32-26)29-19-25-11-12-28(34-25)13-15-30(16-14-28)20-23-8-4-9-24(18-23)33-21-22-6-2-1-3-7-22/h1-10,17-18,25H,11-16,19-21H2,(H,29,31)/t25-/m1/s1. The van der Waals surface area contributed by atoms with Crippen LogP contribution < -0.4 is 10.1 Å². The molecule has 1 spiro atoms. The molecule has 2 aromatic carbocycles. The smallest absolute Gasteiger partial charge is 0.287 e. The van der Waals surface area contributed by atoms with Gasteiger partial charge in [0.2, 0.25) is 0 Å². The van der Waals surface area contributed by atoms with Crippen LogP contribution in [0.15, 0.2) is 77.4 Å². The van der Waals surface area contributed by atoms with E-state index in [2.05, 4.69) is 40.5 Å². The van der Waals surface area contributed by atoms with Crippen molar-refractivity contribution in [3.63, 3.8) is 0 Å². The molecule has 5 rings (SSSR count). The molecule has 1 aromatic heterocycles. The molecule has 6 nitrogen and oxygen atoms in total. The number of nitrogens with zero attached hydrogens (tertiary/aromatic N) is 1. The lowest BCUT2D eigenvalue weighted by atomic mass is 9.88. The van der Waals surface area contributed by atoms with Gasteiger partial charge in [0, 0.05) is 26.2 Å². The monoisotopic (exact) mass is 460 g/mol. The lowest BCUT2D eigenvalue weighted by Gasteiger charge is -2.39. The van der Waals surface area contributed by atoms with E-state index in [-0.39, 0.29) is 17.6 Å². The summed E-state index contributed by atoms with van der Waals surface area (Å²) < 4.78 is 17.6. The Hall–Kier alpha value is -3.09. The van der Waals surface area contributed by atoms with E-state index in [4.69, 9.17) is 13.9 Å². The zero-order chi connectivity index (χ0) is 23.2. The predicted molar refractivity (Wildman–Crippen MR) is 130 cm³/mol. The van der Waals surface area contributed by atoms with E-state index in [1.807, 2.05) is 24.3 Å². The summed E-state index contributed by atoms with van der Waals surface area (Å²) in [6, 6.07) is 22.1. The van der Waals surface area contributed by atoms with Crippen LogP contribution >= 0.6 is 0 Å². The van der Waals surface area contributed by atoms with Crippen LogP contribution in [0, 0.1) is 0 Å². The number of likely N-dealkylation sites (tertiary alicyclic amines) is 1. The number of amides is 1. The molecule has 0 radical (unpaired) electrons. The predicted octanol–water partition coefficient (Wildman–Crippen LogP) is 4.80. The second kappa shape index (κ2) is 10.5. The Morgan fingerprint density at radius 3 is 2.62 bits per heavy atom. The van der Waals surface area contributed by atoms with Gasteiger partial charge in [-0.05, 0) is 61.1 Å². The maximum Gasteiger partial charge on any atom is 0.287 e. The second-order valence-corrected chi connectivity index (χ2v) is 9.35. The van der Waals surface area contributed by atoms with Crippen LogP contribution in [0.25, 0.3) is 0 Å². The summed E-state index contributed by atoms with van der Waals surface area (Å²) in [4.78, 5) is 14.6. The molecule has 1 amide bonds. The number of hydrogen-bond donors (Lipinski definition) is 1. The maximum absolute atomic E-state index is 12.1. The van der Waals surface area contributed by atoms with E-state index in [0.29, 0.717) is 18.9 Å². The van der Waals surface area contributed by atoms with Crippen molar-refractivity contribution in [1.82, 2.24) is 10.2 Å². The third-order valence-electron chi connectivity index (χ3n) is 6.89. The molecular formula is C28H32N2O4. The molecule has 1 N–H and O–H groups in total. The Morgan fingerprint density at radius 1 is 1.00 bits per heavy atom. The topological polar surface area (TPSA) is 63.9 Å². The molecule has 0 aliphatic carbocycles. The highest BCUT2D eigenvalue weighted by Gasteiger charge is 2.42. The molecule has 2 aliphatic heterocycles. The molecule has 1 atom stereocenters. The number of piperidine rings is 1. The highest BCUT2D eigenvalue weighted by Crippen LogP contribution is 2.39. The lowest BCUT2D eigenvalue weighted by molar-refractivity contribution is -0.0764. The molecule has 0 bridgehead atoms. The first-order valence-electron chi connectivity index (χ1n) is 12.2. The minimum Gasteiger partial charge on any atom is -0.489 e. The summed E-state index contributed by atoms with van der Waals surface area (Å²) in [5.41, 5.74) is 2.40. The average molecular weight is 461 g/mol. The van der Waals surface area contributed by atoms with Crippen molar-refractivity contribution >= 4 is 5.91 Å². The van der Waals surface area contributed by atoms with Crippen LogP contribution in [0.5, 0.6) is 5.75 Å². The van der Waals surface area contributed by atoms with Gasteiger partial charge in [-0.2, -0.15) is 0 Å². The molecule has 178 valence electrons. The third-order valence-corrected chi connectivity index (χ3v) is 6.89. The largest absolute Gasteiger partial charge is 0.489 e. The van der Waals surface area contributed by atoms with Gasteiger partial charge in [0.1, 0.15) is 12.4 Å². The number of benzene rings is 2. The van der Waals surface area contributed by atoms with Crippen molar-refractivity contribution in [2.45, 2.75) is 50.5 Å². The first-order chi connectivity index (χ1) is 16.7. The number of carbonyl (C=O) groups excluding carboxylic acids is 1. The van der Waals surface area contributed by atoms with Crippen LogP contribution in [0.1, 0.15) is 47.4 Å². The number of nitrogens with one attached hydrogen (secondary N) is 1. The fourth-order valence-corrected chi connectivity index (χ4v) is 4.96. The molecule has 2 fully saturated rings. The molecule has 3 aromatic rings. The second-order valence-electron chi connectivity index (χ2n) is 9.35. The number of rotatable bonds is 8. The molecule has 6 heteroatoms. The van der Waals surface area contributed by atoms with Gasteiger partial charge < -0.3 is 19.2 Å². The Morgan fingerprint density at radius 2 is 1.82 bits per heavy atom. The quantitative estimate of drug-likeness (QED) is 0.523. The maximum atomic E-state index is 12.1. The number of carbonyl (C=O) groups is 1. The van der Waals surface area contributed by atoms with Gasteiger partial charge in [0.05, 0.1) is 18.0 Å². The molecule has 3 heterocycles. The van der Waals surface area contributed by atoms with Crippen LogP contribution in [0.3, 0.4) is 0 Å². The normalized spacial score (nSPS) is 19.8. The summed E-state index contributed by atoms with van der Waals surface area (Å²) in [5.74, 6) is 1.07. The van der Waals surface area contributed by atoms with E-state index >= 15 is 0 Å². The molecular weight excluding hydrogens is 428 g/mol. The number of hydrogen-bond acceptors (Lipinski definition) is 5. The Labute approximate surface area is 200 Å². The summed E-state index contributed by atoms with van der Waals surface area (Å²) in [6.07, 6.45) is 5.69. The molecule has 2 aliphatic rings. The van der Waals surface area contributed by atoms with Gasteiger partial charge in [-0.3, -0.25) is 9.69 Å². The average Bonchev–Trinajstić information content (AvgIpc) is 3.55. The van der Waals surface area contributed by atoms with Crippen molar-refractivity contribution in [2.24, 2.45) is 0 Å². The van der Waals surface area contributed by atoms with E-state index in [1.54, 1.807) is 12.1 Å². The zero-order valence-corrected chi connectivity index (χ0v) is 19.4. The Balaban J connectivity index is 1.07. The van der Waals surface area contributed by atoms with Crippen LogP contribution in [0.2, 0.25) is 0 Å². The van der Waals surface area contributed by atoms with Gasteiger partial charge in [0.25, 0.3) is 5.91 Å². The van der Waals surface area contributed by atoms with Crippen molar-refractivity contribution in [2.75, 3.05) is 19.6 Å². The fourth-order valence-electron chi connectivity index (χ4n) is 4.96. The first-order valence-corrected chi connectivity index (χ1v) is 12.2. The molecule has 0 saturated carbocycles. The number of ether oxygens (including phenoxy) is 2. The molecule has 0 unspecified atom stereocenters. The minimum atomic E-state index is -0.181. The van der Waals surface area contributed by atoms with E-state index in [0.717, 1.165) is 51.1 Å². The van der Waals surface area contributed by atoms with Gasteiger partial charge in [-0.25, -0.2) is 0 Å². The summed E-state index contributed by atoms with van der Waals surface area (Å²) in [7, 11) is 0. The highest BCUT2D eigenvalue weighted by molar-refractivity contribution is 5.91. The van der Waals surface area contributed by atoms with E-state index < -0.39 is 0 Å². The molecule has 34 heavy (non-hydrogen) atoms. The SMILES string of the molecule is O=C(NC[C@H]1CCC2(CCN(Cc3cccc(OCc4ccccc4)c3)CC2)O1)c1ccco1. The van der Waals surface area contributed by atoms with Crippen molar-refractivity contribution < 1.29 is 18.7 Å². The summed E-state index contributed by atoms with van der Waals surface area (Å²) in [6.45, 7) is 4.06. The Bertz CT molecular complexity index is 1060. The first kappa shape index (κ1) is 22.7. The minimum absolute atomic E-state index is 0.0444. The van der Waals surface area contributed by atoms with Gasteiger partial charge in [0.15, 0.2) is 5.76 Å². The van der Waals surface area contributed by atoms with Gasteiger partial charge >= 0.3 is 0 Å². The molecule has 2 saturated heterocycles. The van der Waals surface area contributed by atoms with E-state index in [9.17, 15) is 4.79 Å². The number of furan rings is 1. The third kappa shape index (κ3) is 5.69.